The van der Waals surface area contributed by atoms with Crippen LogP contribution < -0.4 is 0 Å². The molecule has 0 heterocycles. The summed E-state index contributed by atoms with van der Waals surface area (Å²) in [7, 11) is 0. The SMILES string of the molecule is CCCCCCCCCC/C=C\CCCCCCCCCCCC(=O)OC(CO)COC(=O)CCCCCCCCCC. The first kappa shape index (κ1) is 41.6. The van der Waals surface area contributed by atoms with Crippen molar-refractivity contribution in [3.05, 3.63) is 12.2 Å². The van der Waals surface area contributed by atoms with E-state index in [-0.39, 0.29) is 25.2 Å². The molecule has 0 radical (unpaired) electrons. The van der Waals surface area contributed by atoms with Crippen molar-refractivity contribution in [1.82, 2.24) is 0 Å². The molecule has 5 nitrogen and oxygen atoms in total. The molecule has 0 aliphatic rings. The molecule has 0 saturated carbocycles. The number of unbranched alkanes of at least 4 members (excludes halogenated alkanes) is 24. The third-order valence-corrected chi connectivity index (χ3v) is 8.31. The summed E-state index contributed by atoms with van der Waals surface area (Å²) in [6.07, 6.45) is 38.5. The number of carbonyl (C=O) groups excluding carboxylic acids is 2. The number of allylic oxidation sites excluding steroid dienone is 2. The molecule has 0 spiro atoms. The van der Waals surface area contributed by atoms with Crippen LogP contribution in [0.3, 0.4) is 0 Å². The van der Waals surface area contributed by atoms with Gasteiger partial charge < -0.3 is 14.6 Å². The summed E-state index contributed by atoms with van der Waals surface area (Å²) < 4.78 is 10.5. The Morgan fingerprint density at radius 1 is 0.512 bits per heavy atom. The summed E-state index contributed by atoms with van der Waals surface area (Å²) in [6, 6.07) is 0. The predicted octanol–water partition coefficient (Wildman–Crippen LogP) is 11.3. The van der Waals surface area contributed by atoms with E-state index in [4.69, 9.17) is 9.47 Å². The summed E-state index contributed by atoms with van der Waals surface area (Å²) in [5.74, 6) is -0.591. The largest absolute Gasteiger partial charge is 0.462 e. The lowest BCUT2D eigenvalue weighted by atomic mass is 10.1. The van der Waals surface area contributed by atoms with Crippen LogP contribution in [0, 0.1) is 0 Å². The molecule has 5 heteroatoms. The van der Waals surface area contributed by atoms with E-state index in [9.17, 15) is 14.7 Å². The van der Waals surface area contributed by atoms with Gasteiger partial charge in [-0.2, -0.15) is 0 Å². The van der Waals surface area contributed by atoms with E-state index >= 15 is 0 Å². The van der Waals surface area contributed by atoms with Crippen molar-refractivity contribution in [3.63, 3.8) is 0 Å². The number of rotatable bonds is 34. The molecule has 0 amide bonds. The Hall–Kier alpha value is -1.36. The summed E-state index contributed by atoms with van der Waals surface area (Å²) >= 11 is 0. The van der Waals surface area contributed by atoms with E-state index in [0.717, 1.165) is 38.5 Å². The van der Waals surface area contributed by atoms with Gasteiger partial charge in [0.25, 0.3) is 0 Å². The highest BCUT2D eigenvalue weighted by Crippen LogP contribution is 2.14. The highest BCUT2D eigenvalue weighted by Gasteiger charge is 2.16. The minimum absolute atomic E-state index is 0.0618. The second-order valence-corrected chi connectivity index (χ2v) is 12.7. The van der Waals surface area contributed by atoms with Gasteiger partial charge in [-0.25, -0.2) is 0 Å². The van der Waals surface area contributed by atoms with E-state index in [2.05, 4.69) is 26.0 Å². The van der Waals surface area contributed by atoms with Gasteiger partial charge in [0, 0.05) is 12.8 Å². The van der Waals surface area contributed by atoms with Crippen molar-refractivity contribution in [2.75, 3.05) is 13.2 Å². The van der Waals surface area contributed by atoms with Crippen LogP contribution in [0.5, 0.6) is 0 Å². The minimum Gasteiger partial charge on any atom is -0.462 e. The van der Waals surface area contributed by atoms with E-state index in [1.165, 1.54) is 135 Å². The Labute approximate surface area is 267 Å². The van der Waals surface area contributed by atoms with Crippen molar-refractivity contribution in [2.24, 2.45) is 0 Å². The monoisotopic (exact) mass is 609 g/mol. The van der Waals surface area contributed by atoms with Gasteiger partial charge in [0.2, 0.25) is 0 Å². The number of hydrogen-bond donors (Lipinski definition) is 1. The number of carbonyl (C=O) groups is 2. The molecule has 0 rings (SSSR count). The number of ether oxygens (including phenoxy) is 2. The van der Waals surface area contributed by atoms with Crippen LogP contribution in [0.1, 0.15) is 200 Å². The highest BCUT2D eigenvalue weighted by molar-refractivity contribution is 5.70. The minimum atomic E-state index is -0.764. The van der Waals surface area contributed by atoms with Gasteiger partial charge in [-0.3, -0.25) is 9.59 Å². The number of hydrogen-bond acceptors (Lipinski definition) is 5. The molecule has 0 bridgehead atoms. The van der Waals surface area contributed by atoms with Crippen LogP contribution in [0.15, 0.2) is 12.2 Å². The predicted molar refractivity (Wildman–Crippen MR) is 182 cm³/mol. The van der Waals surface area contributed by atoms with E-state index in [0.29, 0.717) is 12.8 Å². The van der Waals surface area contributed by atoms with Gasteiger partial charge in [-0.05, 0) is 38.5 Å². The zero-order valence-corrected chi connectivity index (χ0v) is 28.7. The Balaban J connectivity index is 3.48. The molecule has 0 aromatic carbocycles. The standard InChI is InChI=1S/C38H72O5/c1-3-5-7-9-11-13-14-15-16-17-18-19-20-21-22-23-24-25-27-29-31-33-38(41)43-36(34-39)35-42-37(40)32-30-28-26-12-10-8-6-4-2/h17-18,36,39H,3-16,19-35H2,1-2H3/b18-17-. The third-order valence-electron chi connectivity index (χ3n) is 8.31. The Kier molecular flexibility index (Phi) is 34.0. The molecular weight excluding hydrogens is 536 g/mol. The van der Waals surface area contributed by atoms with Gasteiger partial charge in [-0.15, -0.1) is 0 Å². The number of esters is 2. The molecule has 0 saturated heterocycles. The maximum Gasteiger partial charge on any atom is 0.306 e. The molecule has 0 aromatic heterocycles. The fourth-order valence-corrected chi connectivity index (χ4v) is 5.43. The molecule has 1 unspecified atom stereocenters. The summed E-state index contributed by atoms with van der Waals surface area (Å²) in [5, 5.41) is 9.50. The third kappa shape index (κ3) is 33.4. The second kappa shape index (κ2) is 35.1. The Morgan fingerprint density at radius 2 is 0.860 bits per heavy atom. The van der Waals surface area contributed by atoms with Crippen LogP contribution in [-0.4, -0.2) is 36.4 Å². The van der Waals surface area contributed by atoms with Crippen LogP contribution in [-0.2, 0) is 19.1 Å². The zero-order valence-electron chi connectivity index (χ0n) is 28.7. The van der Waals surface area contributed by atoms with Crippen molar-refractivity contribution < 1.29 is 24.2 Å². The summed E-state index contributed by atoms with van der Waals surface area (Å²) in [4.78, 5) is 24.1. The summed E-state index contributed by atoms with van der Waals surface area (Å²) in [5.41, 5.74) is 0. The van der Waals surface area contributed by atoms with Crippen molar-refractivity contribution >= 4 is 11.9 Å². The van der Waals surface area contributed by atoms with Crippen molar-refractivity contribution in [3.8, 4) is 0 Å². The van der Waals surface area contributed by atoms with Gasteiger partial charge in [-0.1, -0.05) is 161 Å². The highest BCUT2D eigenvalue weighted by atomic mass is 16.6. The Bertz CT molecular complexity index is 617. The molecular formula is C38H72O5. The lowest BCUT2D eigenvalue weighted by Gasteiger charge is -2.15. The van der Waals surface area contributed by atoms with Crippen LogP contribution in [0.25, 0.3) is 0 Å². The second-order valence-electron chi connectivity index (χ2n) is 12.7. The molecule has 254 valence electrons. The average Bonchev–Trinajstić information content (AvgIpc) is 3.01. The smallest absolute Gasteiger partial charge is 0.306 e. The fraction of sp³-hybridized carbons (Fsp3) is 0.895. The zero-order chi connectivity index (χ0) is 31.5. The topological polar surface area (TPSA) is 72.8 Å². The quantitative estimate of drug-likeness (QED) is 0.0447. The fourth-order valence-electron chi connectivity index (χ4n) is 5.43. The maximum atomic E-state index is 12.1. The first-order chi connectivity index (χ1) is 21.1. The van der Waals surface area contributed by atoms with E-state index < -0.39 is 6.10 Å². The van der Waals surface area contributed by atoms with Gasteiger partial charge >= 0.3 is 11.9 Å². The van der Waals surface area contributed by atoms with Crippen LogP contribution >= 0.6 is 0 Å². The maximum absolute atomic E-state index is 12.1. The molecule has 0 aliphatic carbocycles. The van der Waals surface area contributed by atoms with Gasteiger partial charge in [0.1, 0.15) is 6.61 Å². The lowest BCUT2D eigenvalue weighted by Crippen LogP contribution is -2.28. The number of aliphatic hydroxyl groups excluding tert-OH is 1. The molecule has 0 aromatic rings. The van der Waals surface area contributed by atoms with Crippen molar-refractivity contribution in [1.29, 1.82) is 0 Å². The molecule has 1 atom stereocenters. The first-order valence-electron chi connectivity index (χ1n) is 18.7. The summed E-state index contributed by atoms with van der Waals surface area (Å²) in [6.45, 7) is 4.11. The van der Waals surface area contributed by atoms with Gasteiger partial charge in [0.05, 0.1) is 6.61 Å². The molecule has 0 aliphatic heterocycles. The first-order valence-corrected chi connectivity index (χ1v) is 18.7. The lowest BCUT2D eigenvalue weighted by molar-refractivity contribution is -0.161. The normalized spacial score (nSPS) is 12.2. The Morgan fingerprint density at radius 3 is 1.26 bits per heavy atom. The van der Waals surface area contributed by atoms with Gasteiger partial charge in [0.15, 0.2) is 6.10 Å². The van der Waals surface area contributed by atoms with Crippen LogP contribution in [0.4, 0.5) is 0 Å². The number of aliphatic hydroxyl groups is 1. The van der Waals surface area contributed by atoms with E-state index in [1.807, 2.05) is 0 Å². The molecule has 43 heavy (non-hydrogen) atoms. The molecule has 0 fully saturated rings. The van der Waals surface area contributed by atoms with Crippen LogP contribution in [0.2, 0.25) is 0 Å². The van der Waals surface area contributed by atoms with Crippen molar-refractivity contribution in [2.45, 2.75) is 206 Å². The average molecular weight is 609 g/mol. The molecule has 1 N–H and O–H groups in total. The van der Waals surface area contributed by atoms with E-state index in [1.54, 1.807) is 0 Å².